The highest BCUT2D eigenvalue weighted by atomic mass is 31.2. The molecule has 0 fully saturated rings. The Morgan fingerprint density at radius 2 is 1.39 bits per heavy atom. The molecule has 5 nitrogen and oxygen atoms in total. The van der Waals surface area contributed by atoms with Crippen molar-refractivity contribution in [3.05, 3.63) is 60.2 Å². The summed E-state index contributed by atoms with van der Waals surface area (Å²) in [5.74, 6) is 0.593. The van der Waals surface area contributed by atoms with Crippen molar-refractivity contribution >= 4 is 13.3 Å². The van der Waals surface area contributed by atoms with Gasteiger partial charge in [-0.05, 0) is 41.7 Å². The van der Waals surface area contributed by atoms with E-state index < -0.39 is 13.4 Å². The molecular weight excluding hydrogens is 373 g/mol. The van der Waals surface area contributed by atoms with Gasteiger partial charge < -0.3 is 19.1 Å². The van der Waals surface area contributed by atoms with Crippen molar-refractivity contribution in [1.82, 2.24) is 0 Å². The topological polar surface area (TPSA) is 56.8 Å². The summed E-state index contributed by atoms with van der Waals surface area (Å²) in [5.41, 5.74) is 1.67. The summed E-state index contributed by atoms with van der Waals surface area (Å²) in [4.78, 5) is 0. The molecule has 28 heavy (non-hydrogen) atoms. The Hall–Kier alpha value is -1.81. The van der Waals surface area contributed by atoms with E-state index in [1.165, 1.54) is 0 Å². The Morgan fingerprint density at radius 1 is 0.857 bits per heavy atom. The predicted molar refractivity (Wildman–Crippen MR) is 115 cm³/mol. The summed E-state index contributed by atoms with van der Waals surface area (Å²) in [6.07, 6.45) is 0. The van der Waals surface area contributed by atoms with Crippen molar-refractivity contribution in [2.45, 2.75) is 33.5 Å². The molecule has 0 bridgehead atoms. The fraction of sp³-hybridized carbons (Fsp3) is 0.455. The van der Waals surface area contributed by atoms with Gasteiger partial charge in [0.2, 0.25) is 0 Å². The molecule has 0 saturated heterocycles. The summed E-state index contributed by atoms with van der Waals surface area (Å²) >= 11 is 0. The molecule has 0 amide bonds. The van der Waals surface area contributed by atoms with E-state index in [4.69, 9.17) is 13.8 Å². The van der Waals surface area contributed by atoms with Crippen LogP contribution in [0.25, 0.3) is 0 Å². The Labute approximate surface area is 168 Å². The third-order valence-corrected chi connectivity index (χ3v) is 6.08. The first-order chi connectivity index (χ1) is 13.3. The zero-order valence-corrected chi connectivity index (χ0v) is 18.3. The average molecular weight is 405 g/mol. The average Bonchev–Trinajstić information content (AvgIpc) is 2.70. The molecule has 1 N–H and O–H groups in total. The molecule has 2 rings (SSSR count). The number of hydrogen-bond acceptors (Lipinski definition) is 5. The maximum atomic E-state index is 13.9. The molecule has 0 aliphatic carbocycles. The van der Waals surface area contributed by atoms with Crippen molar-refractivity contribution in [2.75, 3.05) is 25.6 Å². The maximum absolute atomic E-state index is 13.9. The second kappa shape index (κ2) is 10.7. The number of methoxy groups -OCH3 is 1. The molecule has 0 spiro atoms. The minimum Gasteiger partial charge on any atom is -0.497 e. The lowest BCUT2D eigenvalue weighted by Gasteiger charge is -2.30. The normalized spacial score (nSPS) is 13.0. The lowest BCUT2D eigenvalue weighted by molar-refractivity contribution is 0.168. The quantitative estimate of drug-likeness (QED) is 0.442. The summed E-state index contributed by atoms with van der Waals surface area (Å²) in [6, 6.07) is 17.2. The van der Waals surface area contributed by atoms with Gasteiger partial charge in [-0.3, -0.25) is 4.57 Å². The molecule has 0 aromatic heterocycles. The molecule has 1 atom stereocenters. The van der Waals surface area contributed by atoms with Crippen molar-refractivity contribution in [2.24, 2.45) is 11.8 Å². The summed E-state index contributed by atoms with van der Waals surface area (Å²) in [6.45, 7) is 8.83. The van der Waals surface area contributed by atoms with E-state index in [1.54, 1.807) is 7.11 Å². The fourth-order valence-corrected chi connectivity index (χ4v) is 4.74. The number of para-hydroxylation sites is 1. The molecule has 0 radical (unpaired) electrons. The van der Waals surface area contributed by atoms with E-state index in [1.807, 2.05) is 82.3 Å². The Bertz CT molecular complexity index is 731. The number of benzene rings is 2. The Morgan fingerprint density at radius 3 is 1.86 bits per heavy atom. The van der Waals surface area contributed by atoms with E-state index in [0.29, 0.717) is 13.2 Å². The molecule has 0 unspecified atom stereocenters. The Balaban J connectivity index is 2.41. The van der Waals surface area contributed by atoms with E-state index >= 15 is 0 Å². The van der Waals surface area contributed by atoms with Crippen LogP contribution in [-0.2, 0) is 13.6 Å². The van der Waals surface area contributed by atoms with Crippen LogP contribution in [0, 0.1) is 11.8 Å². The van der Waals surface area contributed by atoms with Crippen molar-refractivity contribution in [3.8, 4) is 5.75 Å². The number of rotatable bonds is 11. The third kappa shape index (κ3) is 6.66. The molecule has 0 aliphatic rings. The summed E-state index contributed by atoms with van der Waals surface area (Å²) in [5, 5.41) is 3.37. The first-order valence-electron chi connectivity index (χ1n) is 9.68. The lowest BCUT2D eigenvalue weighted by Crippen LogP contribution is -2.18. The Kier molecular flexibility index (Phi) is 8.56. The monoisotopic (exact) mass is 405 g/mol. The number of anilines is 1. The van der Waals surface area contributed by atoms with Crippen LogP contribution in [0.3, 0.4) is 0 Å². The molecule has 2 aromatic carbocycles. The van der Waals surface area contributed by atoms with E-state index in [2.05, 4.69) is 5.32 Å². The van der Waals surface area contributed by atoms with Gasteiger partial charge in [0.15, 0.2) is 5.78 Å². The number of hydrogen-bond donors (Lipinski definition) is 1. The van der Waals surface area contributed by atoms with Crippen molar-refractivity contribution < 1.29 is 18.3 Å². The van der Waals surface area contributed by atoms with Gasteiger partial charge in [0, 0.05) is 5.69 Å². The van der Waals surface area contributed by atoms with Crippen LogP contribution in [0.15, 0.2) is 54.6 Å². The first-order valence-corrected chi connectivity index (χ1v) is 11.3. The van der Waals surface area contributed by atoms with Crippen LogP contribution >= 0.6 is 7.60 Å². The van der Waals surface area contributed by atoms with E-state index in [9.17, 15) is 4.57 Å². The van der Waals surface area contributed by atoms with Crippen LogP contribution < -0.4 is 10.1 Å². The van der Waals surface area contributed by atoms with Crippen molar-refractivity contribution in [1.29, 1.82) is 0 Å². The highest BCUT2D eigenvalue weighted by molar-refractivity contribution is 7.54. The number of nitrogens with one attached hydrogen (secondary N) is 1. The van der Waals surface area contributed by atoms with Gasteiger partial charge in [0.1, 0.15) is 5.75 Å². The second-order valence-corrected chi connectivity index (χ2v) is 9.72. The smallest absolute Gasteiger partial charge is 0.357 e. The van der Waals surface area contributed by atoms with Crippen LogP contribution in [0.2, 0.25) is 0 Å². The number of ether oxygens (including phenoxy) is 1. The predicted octanol–water partition coefficient (Wildman–Crippen LogP) is 6.34. The fourth-order valence-electron chi connectivity index (χ4n) is 2.52. The van der Waals surface area contributed by atoms with Gasteiger partial charge >= 0.3 is 7.60 Å². The zero-order valence-electron chi connectivity index (χ0n) is 17.4. The highest BCUT2D eigenvalue weighted by Gasteiger charge is 2.38. The minimum absolute atomic E-state index is 0.240. The van der Waals surface area contributed by atoms with Crippen LogP contribution in [0.5, 0.6) is 5.75 Å². The van der Waals surface area contributed by atoms with Gasteiger partial charge in [-0.25, -0.2) is 0 Å². The van der Waals surface area contributed by atoms with E-state index in [-0.39, 0.29) is 11.8 Å². The SMILES string of the molecule is COc1ccc([C@@H](Nc2ccccc2)P(=O)(OCC(C)C)OCC(C)C)cc1. The minimum atomic E-state index is -3.50. The van der Waals surface area contributed by atoms with Gasteiger partial charge in [0.25, 0.3) is 0 Å². The molecule has 0 heterocycles. The highest BCUT2D eigenvalue weighted by Crippen LogP contribution is 2.61. The van der Waals surface area contributed by atoms with Gasteiger partial charge in [-0.1, -0.05) is 58.0 Å². The zero-order chi connectivity index (χ0) is 20.6. The maximum Gasteiger partial charge on any atom is 0.357 e. The summed E-state index contributed by atoms with van der Waals surface area (Å²) < 4.78 is 31.1. The standard InChI is InChI=1S/C22H32NO4P/c1-17(2)15-26-28(24,27-16-18(3)4)22(23-20-9-7-6-8-10-20)19-11-13-21(25-5)14-12-19/h6-14,17-18,22-23H,15-16H2,1-5H3/t22-/m0/s1. The van der Waals surface area contributed by atoms with Crippen LogP contribution in [-0.4, -0.2) is 20.3 Å². The molecule has 0 aliphatic heterocycles. The van der Waals surface area contributed by atoms with Gasteiger partial charge in [0.05, 0.1) is 20.3 Å². The second-order valence-electron chi connectivity index (χ2n) is 7.61. The van der Waals surface area contributed by atoms with Gasteiger partial charge in [-0.2, -0.15) is 0 Å². The molecule has 6 heteroatoms. The van der Waals surface area contributed by atoms with Crippen LogP contribution in [0.4, 0.5) is 5.69 Å². The lowest BCUT2D eigenvalue weighted by atomic mass is 10.2. The first kappa shape index (κ1) is 22.5. The van der Waals surface area contributed by atoms with Gasteiger partial charge in [-0.15, -0.1) is 0 Å². The third-order valence-electron chi connectivity index (χ3n) is 4.00. The van der Waals surface area contributed by atoms with Crippen molar-refractivity contribution in [3.63, 3.8) is 0 Å². The summed E-state index contributed by atoms with van der Waals surface area (Å²) in [7, 11) is -1.88. The van der Waals surface area contributed by atoms with E-state index in [0.717, 1.165) is 17.0 Å². The molecular formula is C22H32NO4P. The molecule has 154 valence electrons. The van der Waals surface area contributed by atoms with Crippen LogP contribution in [0.1, 0.15) is 39.0 Å². The molecule has 0 saturated carbocycles. The largest absolute Gasteiger partial charge is 0.497 e. The molecule has 2 aromatic rings.